The van der Waals surface area contributed by atoms with Gasteiger partial charge in [-0.1, -0.05) is 18.2 Å². The van der Waals surface area contributed by atoms with Crippen LogP contribution in [0.5, 0.6) is 0 Å². The first-order valence-electron chi connectivity index (χ1n) is 5.63. The summed E-state index contributed by atoms with van der Waals surface area (Å²) in [6.07, 6.45) is 1.84. The topological polar surface area (TPSA) is 76.8 Å². The van der Waals surface area contributed by atoms with Gasteiger partial charge in [-0.15, -0.1) is 11.8 Å². The number of allylic oxidation sites excluding steroid dienone is 1. The van der Waals surface area contributed by atoms with Gasteiger partial charge in [0.2, 0.25) is 0 Å². The number of para-hydroxylation sites is 1. The Balaban J connectivity index is 2.55. The molecule has 0 atom stereocenters. The fourth-order valence-electron chi connectivity index (χ4n) is 1.98. The Morgan fingerprint density at radius 2 is 1.89 bits per heavy atom. The summed E-state index contributed by atoms with van der Waals surface area (Å²) in [7, 11) is 0. The molecule has 5 heteroatoms. The number of nitrogens with zero attached hydrogens (tertiary/aromatic N) is 3. The molecule has 1 aromatic rings. The Morgan fingerprint density at radius 1 is 1.21 bits per heavy atom. The van der Waals surface area contributed by atoms with E-state index in [2.05, 4.69) is 12.1 Å². The molecule has 2 rings (SSSR count). The second-order valence-corrected chi connectivity index (χ2v) is 4.73. The van der Waals surface area contributed by atoms with Crippen LogP contribution in [0, 0.1) is 22.7 Å². The fourth-order valence-corrected chi connectivity index (χ4v) is 2.69. The van der Waals surface area contributed by atoms with Crippen molar-refractivity contribution in [3.05, 3.63) is 52.2 Å². The highest BCUT2D eigenvalue weighted by Crippen LogP contribution is 2.34. The van der Waals surface area contributed by atoms with Gasteiger partial charge in [0.05, 0.1) is 18.2 Å². The molecule has 0 aromatic heterocycles. The fraction of sp³-hybridized carbons (Fsp3) is 0.143. The molecule has 1 aromatic carbocycles. The number of nitriles is 2. The van der Waals surface area contributed by atoms with Gasteiger partial charge >= 0.3 is 0 Å². The largest absolute Gasteiger partial charge is 0.384 e. The van der Waals surface area contributed by atoms with E-state index in [4.69, 9.17) is 5.73 Å². The van der Waals surface area contributed by atoms with Crippen molar-refractivity contribution in [3.8, 4) is 12.1 Å². The van der Waals surface area contributed by atoms with Gasteiger partial charge < -0.3 is 10.6 Å². The van der Waals surface area contributed by atoms with Gasteiger partial charge in [-0.2, -0.15) is 10.5 Å². The number of hydrogen-bond acceptors (Lipinski definition) is 5. The predicted molar refractivity (Wildman–Crippen MR) is 76.8 cm³/mol. The minimum atomic E-state index is 0.374. The molecular formula is C14H12N4S. The lowest BCUT2D eigenvalue weighted by molar-refractivity contribution is 0.935. The molecule has 0 saturated heterocycles. The average molecular weight is 268 g/mol. The summed E-state index contributed by atoms with van der Waals surface area (Å²) < 4.78 is 0. The van der Waals surface area contributed by atoms with Gasteiger partial charge in [0.25, 0.3) is 0 Å². The summed E-state index contributed by atoms with van der Waals surface area (Å²) >= 11 is 1.38. The number of rotatable bonds is 2. The summed E-state index contributed by atoms with van der Waals surface area (Å²) in [6, 6.07) is 13.8. The van der Waals surface area contributed by atoms with Crippen LogP contribution in [0.15, 0.2) is 52.2 Å². The predicted octanol–water partition coefficient (Wildman–Crippen LogP) is 2.34. The Kier molecular flexibility index (Phi) is 3.79. The van der Waals surface area contributed by atoms with Gasteiger partial charge in [0.15, 0.2) is 0 Å². The first kappa shape index (κ1) is 13.1. The van der Waals surface area contributed by atoms with E-state index in [0.29, 0.717) is 28.4 Å². The maximum atomic E-state index is 9.27. The molecule has 4 nitrogen and oxygen atoms in total. The third kappa shape index (κ3) is 2.29. The van der Waals surface area contributed by atoms with Crippen LogP contribution in [-0.4, -0.2) is 12.8 Å². The van der Waals surface area contributed by atoms with Gasteiger partial charge in [0, 0.05) is 10.6 Å². The van der Waals surface area contributed by atoms with E-state index in [1.165, 1.54) is 11.8 Å². The van der Waals surface area contributed by atoms with E-state index >= 15 is 0 Å². The SMILES string of the molecule is CSC1=C(C#N)CN(c2ccccc2)C(N)=C1C#N. The normalized spacial score (nSPS) is 15.2. The molecule has 0 unspecified atom stereocenters. The molecule has 0 fully saturated rings. The molecule has 94 valence electrons. The van der Waals surface area contributed by atoms with Crippen LogP contribution in [-0.2, 0) is 0 Å². The Morgan fingerprint density at radius 3 is 2.42 bits per heavy atom. The summed E-state index contributed by atoms with van der Waals surface area (Å²) in [5.74, 6) is 0.400. The first-order valence-corrected chi connectivity index (χ1v) is 6.85. The molecule has 1 aliphatic rings. The van der Waals surface area contributed by atoms with Gasteiger partial charge in [-0.25, -0.2) is 0 Å². The van der Waals surface area contributed by atoms with Crippen molar-refractivity contribution >= 4 is 17.4 Å². The van der Waals surface area contributed by atoms with E-state index in [1.807, 2.05) is 36.6 Å². The lowest BCUT2D eigenvalue weighted by Gasteiger charge is -2.30. The molecule has 1 aliphatic heterocycles. The number of hydrogen-bond donors (Lipinski definition) is 1. The lowest BCUT2D eigenvalue weighted by Crippen LogP contribution is -2.34. The van der Waals surface area contributed by atoms with E-state index < -0.39 is 0 Å². The summed E-state index contributed by atoms with van der Waals surface area (Å²) in [6.45, 7) is 0.397. The number of thioether (sulfide) groups is 1. The molecule has 0 spiro atoms. The van der Waals surface area contributed by atoms with Crippen LogP contribution in [0.2, 0.25) is 0 Å². The van der Waals surface area contributed by atoms with Crippen molar-refractivity contribution in [1.82, 2.24) is 0 Å². The van der Waals surface area contributed by atoms with Crippen LogP contribution in [0.3, 0.4) is 0 Å². The van der Waals surface area contributed by atoms with Crippen molar-refractivity contribution in [2.45, 2.75) is 0 Å². The molecule has 0 radical (unpaired) electrons. The summed E-state index contributed by atoms with van der Waals surface area (Å²) in [5, 5.41) is 18.5. The smallest absolute Gasteiger partial charge is 0.123 e. The van der Waals surface area contributed by atoms with Crippen molar-refractivity contribution in [3.63, 3.8) is 0 Å². The number of nitrogens with two attached hydrogens (primary N) is 1. The highest BCUT2D eigenvalue weighted by Gasteiger charge is 2.26. The molecule has 0 amide bonds. The van der Waals surface area contributed by atoms with Crippen LogP contribution in [0.25, 0.3) is 0 Å². The zero-order valence-corrected chi connectivity index (χ0v) is 11.2. The van der Waals surface area contributed by atoms with E-state index in [9.17, 15) is 10.5 Å². The Hall–Kier alpha value is -2.37. The molecule has 0 saturated carbocycles. The second kappa shape index (κ2) is 5.51. The number of benzene rings is 1. The average Bonchev–Trinajstić information content (AvgIpc) is 2.47. The quantitative estimate of drug-likeness (QED) is 0.890. The van der Waals surface area contributed by atoms with E-state index in [0.717, 1.165) is 5.69 Å². The van der Waals surface area contributed by atoms with Crippen LogP contribution in [0.1, 0.15) is 0 Å². The van der Waals surface area contributed by atoms with Crippen LogP contribution < -0.4 is 10.6 Å². The van der Waals surface area contributed by atoms with Crippen molar-refractivity contribution < 1.29 is 0 Å². The van der Waals surface area contributed by atoms with Gasteiger partial charge in [-0.3, -0.25) is 0 Å². The van der Waals surface area contributed by atoms with Crippen molar-refractivity contribution in [2.75, 3.05) is 17.7 Å². The maximum absolute atomic E-state index is 9.27. The number of anilines is 1. The standard InChI is InChI=1S/C14H12N4S/c1-19-13-10(7-15)9-18(14(17)12(13)8-16)11-5-3-2-4-6-11/h2-6H,9,17H2,1H3. The minimum absolute atomic E-state index is 0.374. The second-order valence-electron chi connectivity index (χ2n) is 3.92. The molecule has 0 aliphatic carbocycles. The Labute approximate surface area is 116 Å². The maximum Gasteiger partial charge on any atom is 0.123 e. The highest BCUT2D eigenvalue weighted by atomic mass is 32.2. The summed E-state index contributed by atoms with van der Waals surface area (Å²) in [4.78, 5) is 2.46. The zero-order valence-electron chi connectivity index (χ0n) is 10.4. The monoisotopic (exact) mass is 268 g/mol. The molecule has 2 N–H and O–H groups in total. The lowest BCUT2D eigenvalue weighted by atomic mass is 10.1. The highest BCUT2D eigenvalue weighted by molar-refractivity contribution is 8.02. The minimum Gasteiger partial charge on any atom is -0.384 e. The molecule has 1 heterocycles. The molecule has 19 heavy (non-hydrogen) atoms. The van der Waals surface area contributed by atoms with Crippen molar-refractivity contribution in [2.24, 2.45) is 5.73 Å². The Bertz CT molecular complexity index is 632. The third-order valence-corrected chi connectivity index (χ3v) is 3.74. The van der Waals surface area contributed by atoms with E-state index in [-0.39, 0.29) is 0 Å². The third-order valence-electron chi connectivity index (χ3n) is 2.88. The zero-order chi connectivity index (χ0) is 13.8. The molecular weight excluding hydrogens is 256 g/mol. The first-order chi connectivity index (χ1) is 9.22. The van der Waals surface area contributed by atoms with E-state index in [1.54, 1.807) is 4.90 Å². The van der Waals surface area contributed by atoms with Gasteiger partial charge in [-0.05, 0) is 18.4 Å². The van der Waals surface area contributed by atoms with Crippen LogP contribution in [0.4, 0.5) is 5.69 Å². The van der Waals surface area contributed by atoms with Gasteiger partial charge in [0.1, 0.15) is 17.5 Å². The summed E-state index contributed by atoms with van der Waals surface area (Å²) in [5.41, 5.74) is 7.90. The van der Waals surface area contributed by atoms with Crippen LogP contribution >= 0.6 is 11.8 Å². The van der Waals surface area contributed by atoms with Crippen molar-refractivity contribution in [1.29, 1.82) is 10.5 Å². The molecule has 0 bridgehead atoms.